The summed E-state index contributed by atoms with van der Waals surface area (Å²) in [5.41, 5.74) is 2.58. The number of nitrogens with zero attached hydrogens (tertiary/aromatic N) is 2. The zero-order chi connectivity index (χ0) is 14.5. The normalized spacial score (nSPS) is 10.6. The van der Waals surface area contributed by atoms with Crippen molar-refractivity contribution in [3.05, 3.63) is 51.8 Å². The van der Waals surface area contributed by atoms with Gasteiger partial charge in [0.05, 0.1) is 25.0 Å². The van der Waals surface area contributed by atoms with Gasteiger partial charge in [0.2, 0.25) is 0 Å². The van der Waals surface area contributed by atoms with Crippen LogP contribution in [0.3, 0.4) is 0 Å². The van der Waals surface area contributed by atoms with E-state index in [9.17, 15) is 4.79 Å². The van der Waals surface area contributed by atoms with Crippen molar-refractivity contribution < 1.29 is 9.53 Å². The first-order valence-corrected chi connectivity index (χ1v) is 7.41. The molecule has 1 heterocycles. The van der Waals surface area contributed by atoms with Gasteiger partial charge in [-0.15, -0.1) is 0 Å². The molecule has 1 aromatic carbocycles. The molecular weight excluding hydrogens is 320 g/mol. The Morgan fingerprint density at radius 3 is 2.75 bits per heavy atom. The molecule has 0 fully saturated rings. The molecule has 2 rings (SSSR count). The highest BCUT2D eigenvalue weighted by molar-refractivity contribution is 9.10. The summed E-state index contributed by atoms with van der Waals surface area (Å²) in [5.74, 6) is -0.303. The van der Waals surface area contributed by atoms with Gasteiger partial charge in [0, 0.05) is 4.47 Å². The van der Waals surface area contributed by atoms with E-state index in [-0.39, 0.29) is 5.97 Å². The molecule has 0 aliphatic heterocycles. The number of hydrogen-bond acceptors (Lipinski definition) is 3. The van der Waals surface area contributed by atoms with Gasteiger partial charge < -0.3 is 4.74 Å². The van der Waals surface area contributed by atoms with Gasteiger partial charge in [0.15, 0.2) is 0 Å². The third-order valence-electron chi connectivity index (χ3n) is 3.06. The fraction of sp³-hybridized carbons (Fsp3) is 0.333. The van der Waals surface area contributed by atoms with Crippen LogP contribution in [0.1, 0.15) is 35.5 Å². The number of rotatable bonds is 5. The van der Waals surface area contributed by atoms with Crippen molar-refractivity contribution in [1.82, 2.24) is 9.78 Å². The number of carbonyl (C=O) groups is 1. The second-order valence-electron chi connectivity index (χ2n) is 4.33. The molecule has 0 radical (unpaired) electrons. The topological polar surface area (TPSA) is 44.1 Å². The first-order chi connectivity index (χ1) is 9.67. The van der Waals surface area contributed by atoms with E-state index < -0.39 is 0 Å². The van der Waals surface area contributed by atoms with Crippen LogP contribution in [-0.4, -0.2) is 22.4 Å². The van der Waals surface area contributed by atoms with Crippen molar-refractivity contribution in [3.8, 4) is 0 Å². The predicted octanol–water partition coefficient (Wildman–Crippen LogP) is 3.43. The van der Waals surface area contributed by atoms with Gasteiger partial charge in [0.1, 0.15) is 5.56 Å². The molecular formula is C15H17BrN2O2. The van der Waals surface area contributed by atoms with E-state index in [0.29, 0.717) is 18.7 Å². The van der Waals surface area contributed by atoms with Gasteiger partial charge in [-0.25, -0.2) is 4.79 Å². The van der Waals surface area contributed by atoms with Crippen molar-refractivity contribution in [2.45, 2.75) is 26.8 Å². The van der Waals surface area contributed by atoms with E-state index in [0.717, 1.165) is 22.2 Å². The molecule has 0 atom stereocenters. The van der Waals surface area contributed by atoms with Crippen molar-refractivity contribution in [1.29, 1.82) is 0 Å². The number of hydrogen-bond donors (Lipinski definition) is 0. The highest BCUT2D eigenvalue weighted by atomic mass is 79.9. The summed E-state index contributed by atoms with van der Waals surface area (Å²) in [6, 6.07) is 7.99. The molecule has 0 amide bonds. The SMILES string of the molecule is CCOC(=O)c1cnn(Cc2ccccc2Br)c1CC. The molecule has 0 unspecified atom stereocenters. The van der Waals surface area contributed by atoms with Gasteiger partial charge in [0.25, 0.3) is 0 Å². The smallest absolute Gasteiger partial charge is 0.341 e. The minimum Gasteiger partial charge on any atom is -0.462 e. The lowest BCUT2D eigenvalue weighted by Crippen LogP contribution is -2.11. The van der Waals surface area contributed by atoms with E-state index in [1.54, 1.807) is 13.1 Å². The lowest BCUT2D eigenvalue weighted by molar-refractivity contribution is 0.0525. The Hall–Kier alpha value is -1.62. The summed E-state index contributed by atoms with van der Waals surface area (Å²) in [6.45, 7) is 4.81. The van der Waals surface area contributed by atoms with Crippen LogP contribution in [-0.2, 0) is 17.7 Å². The van der Waals surface area contributed by atoms with Crippen LogP contribution >= 0.6 is 15.9 Å². The van der Waals surface area contributed by atoms with E-state index in [1.807, 2.05) is 35.9 Å². The van der Waals surface area contributed by atoms with Gasteiger partial charge >= 0.3 is 5.97 Å². The summed E-state index contributed by atoms with van der Waals surface area (Å²) in [5, 5.41) is 4.32. The van der Waals surface area contributed by atoms with Gasteiger partial charge in [-0.2, -0.15) is 5.10 Å². The minimum atomic E-state index is -0.303. The Labute approximate surface area is 126 Å². The monoisotopic (exact) mass is 336 g/mol. The Kier molecular flexibility index (Phi) is 4.95. The maximum Gasteiger partial charge on any atom is 0.341 e. The average Bonchev–Trinajstić information content (AvgIpc) is 2.84. The number of carbonyl (C=O) groups excluding carboxylic acids is 1. The van der Waals surface area contributed by atoms with Crippen LogP contribution in [0.5, 0.6) is 0 Å². The molecule has 1 aromatic heterocycles. The van der Waals surface area contributed by atoms with Crippen LogP contribution in [0.4, 0.5) is 0 Å². The molecule has 0 N–H and O–H groups in total. The quantitative estimate of drug-likeness (QED) is 0.785. The lowest BCUT2D eigenvalue weighted by Gasteiger charge is -2.09. The van der Waals surface area contributed by atoms with E-state index >= 15 is 0 Å². The molecule has 20 heavy (non-hydrogen) atoms. The Morgan fingerprint density at radius 2 is 2.10 bits per heavy atom. The van der Waals surface area contributed by atoms with Gasteiger partial charge in [-0.3, -0.25) is 4.68 Å². The second-order valence-corrected chi connectivity index (χ2v) is 5.18. The molecule has 0 saturated carbocycles. The van der Waals surface area contributed by atoms with E-state index in [4.69, 9.17) is 4.74 Å². The average molecular weight is 337 g/mol. The van der Waals surface area contributed by atoms with Crippen molar-refractivity contribution in [3.63, 3.8) is 0 Å². The third kappa shape index (κ3) is 3.10. The predicted molar refractivity (Wildman–Crippen MR) is 80.8 cm³/mol. The fourth-order valence-corrected chi connectivity index (χ4v) is 2.50. The van der Waals surface area contributed by atoms with Crippen LogP contribution in [0, 0.1) is 0 Å². The molecule has 5 heteroatoms. The van der Waals surface area contributed by atoms with Gasteiger partial charge in [-0.05, 0) is 25.0 Å². The summed E-state index contributed by atoms with van der Waals surface area (Å²) in [7, 11) is 0. The van der Waals surface area contributed by atoms with Crippen molar-refractivity contribution in [2.24, 2.45) is 0 Å². The molecule has 0 aliphatic carbocycles. The molecule has 0 saturated heterocycles. The third-order valence-corrected chi connectivity index (χ3v) is 3.83. The molecule has 4 nitrogen and oxygen atoms in total. The second kappa shape index (κ2) is 6.70. The fourth-order valence-electron chi connectivity index (χ4n) is 2.09. The Balaban J connectivity index is 2.29. The van der Waals surface area contributed by atoms with Crippen LogP contribution in [0.25, 0.3) is 0 Å². The Morgan fingerprint density at radius 1 is 1.35 bits per heavy atom. The van der Waals surface area contributed by atoms with Crippen LogP contribution in [0.2, 0.25) is 0 Å². The lowest BCUT2D eigenvalue weighted by atomic mass is 10.2. The maximum absolute atomic E-state index is 11.9. The number of ether oxygens (including phenoxy) is 1. The van der Waals surface area contributed by atoms with E-state index in [1.165, 1.54) is 0 Å². The number of benzene rings is 1. The van der Waals surface area contributed by atoms with Gasteiger partial charge in [-0.1, -0.05) is 41.1 Å². The Bertz CT molecular complexity index is 608. The van der Waals surface area contributed by atoms with Crippen molar-refractivity contribution in [2.75, 3.05) is 6.61 Å². The highest BCUT2D eigenvalue weighted by Crippen LogP contribution is 2.19. The maximum atomic E-state index is 11.9. The number of halogens is 1. The van der Waals surface area contributed by atoms with Crippen LogP contribution < -0.4 is 0 Å². The number of aromatic nitrogens is 2. The van der Waals surface area contributed by atoms with E-state index in [2.05, 4.69) is 21.0 Å². The zero-order valence-corrected chi connectivity index (χ0v) is 13.2. The molecule has 0 aliphatic rings. The zero-order valence-electron chi connectivity index (χ0n) is 11.6. The highest BCUT2D eigenvalue weighted by Gasteiger charge is 2.17. The molecule has 106 valence electrons. The van der Waals surface area contributed by atoms with Crippen LogP contribution in [0.15, 0.2) is 34.9 Å². The summed E-state index contributed by atoms with van der Waals surface area (Å²) in [4.78, 5) is 11.9. The summed E-state index contributed by atoms with van der Waals surface area (Å²) < 4.78 is 7.95. The first kappa shape index (κ1) is 14.8. The molecule has 0 bridgehead atoms. The largest absolute Gasteiger partial charge is 0.462 e. The molecule has 2 aromatic rings. The van der Waals surface area contributed by atoms with Crippen molar-refractivity contribution >= 4 is 21.9 Å². The first-order valence-electron chi connectivity index (χ1n) is 6.62. The standard InChI is InChI=1S/C15H17BrN2O2/c1-3-14-12(15(19)20-4-2)9-17-18(14)10-11-7-5-6-8-13(11)16/h5-9H,3-4,10H2,1-2H3. The summed E-state index contributed by atoms with van der Waals surface area (Å²) >= 11 is 3.53. The number of esters is 1. The minimum absolute atomic E-state index is 0.303. The molecule has 0 spiro atoms. The summed E-state index contributed by atoms with van der Waals surface area (Å²) in [6.07, 6.45) is 2.33.